The van der Waals surface area contributed by atoms with Crippen molar-refractivity contribution < 1.29 is 23.9 Å². The van der Waals surface area contributed by atoms with Gasteiger partial charge in [0, 0.05) is 26.2 Å². The van der Waals surface area contributed by atoms with E-state index in [0.29, 0.717) is 37.2 Å². The molecule has 1 aromatic carbocycles. The van der Waals surface area contributed by atoms with E-state index in [9.17, 15) is 19.6 Å². The van der Waals surface area contributed by atoms with Crippen molar-refractivity contribution in [2.45, 2.75) is 59.2 Å². The predicted octanol–water partition coefficient (Wildman–Crippen LogP) is 2.84. The van der Waals surface area contributed by atoms with Crippen LogP contribution in [-0.4, -0.2) is 60.7 Å². The number of alkyl carbamates (subject to hydrolysis) is 1. The number of hydrogen-bond donors (Lipinski definition) is 2. The van der Waals surface area contributed by atoms with Crippen LogP contribution >= 0.6 is 0 Å². The number of para-hydroxylation sites is 1. The lowest BCUT2D eigenvalue weighted by Gasteiger charge is -2.35. The van der Waals surface area contributed by atoms with E-state index in [1.54, 1.807) is 49.9 Å². The van der Waals surface area contributed by atoms with Crippen LogP contribution in [0.5, 0.6) is 5.75 Å². The second kappa shape index (κ2) is 12.3. The van der Waals surface area contributed by atoms with Crippen LogP contribution in [0.2, 0.25) is 0 Å². The maximum absolute atomic E-state index is 13.3. The Hall–Kier alpha value is -3.28. The first-order valence-corrected chi connectivity index (χ1v) is 11.7. The number of ether oxygens (including phenoxy) is 2. The molecule has 1 aliphatic heterocycles. The zero-order valence-corrected chi connectivity index (χ0v) is 20.7. The number of benzene rings is 1. The summed E-state index contributed by atoms with van der Waals surface area (Å²) >= 11 is 0. The van der Waals surface area contributed by atoms with Gasteiger partial charge in [0.05, 0.1) is 11.5 Å². The number of likely N-dealkylation sites (tertiary alicyclic amines) is 1. The first kappa shape index (κ1) is 27.0. The van der Waals surface area contributed by atoms with Crippen molar-refractivity contribution in [2.24, 2.45) is 11.8 Å². The summed E-state index contributed by atoms with van der Waals surface area (Å²) in [5.41, 5.74) is -0.212. The number of nitrogens with zero attached hydrogens (tertiary/aromatic N) is 2. The number of nitriles is 1. The van der Waals surface area contributed by atoms with Gasteiger partial charge in [0.1, 0.15) is 17.4 Å². The number of amides is 3. The van der Waals surface area contributed by atoms with Crippen LogP contribution in [0.25, 0.3) is 0 Å². The molecule has 1 saturated heterocycles. The molecule has 9 nitrogen and oxygen atoms in total. The highest BCUT2D eigenvalue weighted by Gasteiger charge is 2.34. The van der Waals surface area contributed by atoms with Crippen LogP contribution in [0.3, 0.4) is 0 Å². The number of carbonyl (C=O) groups excluding carboxylic acids is 3. The summed E-state index contributed by atoms with van der Waals surface area (Å²) in [6.45, 7) is 10.5. The van der Waals surface area contributed by atoms with Gasteiger partial charge < -0.3 is 25.0 Å². The quantitative estimate of drug-likeness (QED) is 0.561. The highest BCUT2D eigenvalue weighted by Crippen LogP contribution is 2.24. The van der Waals surface area contributed by atoms with Gasteiger partial charge in [0.25, 0.3) is 5.91 Å². The fourth-order valence-corrected chi connectivity index (χ4v) is 3.65. The van der Waals surface area contributed by atoms with E-state index in [0.717, 1.165) is 0 Å². The largest absolute Gasteiger partial charge is 0.479 e. The third-order valence-electron chi connectivity index (χ3n) is 5.31. The highest BCUT2D eigenvalue weighted by atomic mass is 16.6. The Balaban J connectivity index is 1.90. The molecule has 3 amide bonds. The van der Waals surface area contributed by atoms with E-state index >= 15 is 0 Å². The highest BCUT2D eigenvalue weighted by molar-refractivity contribution is 5.84. The Morgan fingerprint density at radius 1 is 1.18 bits per heavy atom. The topological polar surface area (TPSA) is 121 Å². The van der Waals surface area contributed by atoms with E-state index in [4.69, 9.17) is 9.47 Å². The Morgan fingerprint density at radius 3 is 2.50 bits per heavy atom. The van der Waals surface area contributed by atoms with E-state index in [2.05, 4.69) is 16.7 Å². The molecule has 2 N–H and O–H groups in total. The Labute approximate surface area is 201 Å². The van der Waals surface area contributed by atoms with Crippen molar-refractivity contribution in [2.75, 3.05) is 26.2 Å². The van der Waals surface area contributed by atoms with Gasteiger partial charge in [-0.2, -0.15) is 5.26 Å². The zero-order valence-electron chi connectivity index (χ0n) is 20.7. The minimum Gasteiger partial charge on any atom is -0.479 e. The van der Waals surface area contributed by atoms with Crippen molar-refractivity contribution in [1.29, 1.82) is 5.26 Å². The molecular formula is C25H36N4O5. The number of rotatable bonds is 8. The Morgan fingerprint density at radius 2 is 1.85 bits per heavy atom. The number of nitrogens with one attached hydrogen (secondary N) is 2. The lowest BCUT2D eigenvalue weighted by Crippen LogP contribution is -2.51. The van der Waals surface area contributed by atoms with E-state index in [-0.39, 0.29) is 36.7 Å². The van der Waals surface area contributed by atoms with E-state index < -0.39 is 17.8 Å². The van der Waals surface area contributed by atoms with E-state index in [1.165, 1.54) is 0 Å². The van der Waals surface area contributed by atoms with Gasteiger partial charge in [-0.3, -0.25) is 9.59 Å². The van der Waals surface area contributed by atoms with Gasteiger partial charge in [0.15, 0.2) is 6.10 Å². The molecule has 0 radical (unpaired) electrons. The summed E-state index contributed by atoms with van der Waals surface area (Å²) in [6.07, 6.45) is 0.0994. The molecule has 1 fully saturated rings. The molecule has 0 aliphatic carbocycles. The molecule has 1 heterocycles. The van der Waals surface area contributed by atoms with Gasteiger partial charge >= 0.3 is 6.09 Å². The summed E-state index contributed by atoms with van der Waals surface area (Å²) in [5.74, 6) is -0.418. The van der Waals surface area contributed by atoms with Crippen molar-refractivity contribution in [3.63, 3.8) is 0 Å². The van der Waals surface area contributed by atoms with Crippen molar-refractivity contribution >= 4 is 17.9 Å². The fraction of sp³-hybridized carbons (Fsp3) is 0.600. The van der Waals surface area contributed by atoms with Crippen LogP contribution in [0, 0.1) is 23.2 Å². The molecule has 1 aliphatic rings. The van der Waals surface area contributed by atoms with Gasteiger partial charge in [-0.1, -0.05) is 26.0 Å². The summed E-state index contributed by atoms with van der Waals surface area (Å²) in [7, 11) is 0. The minimum atomic E-state index is -0.755. The van der Waals surface area contributed by atoms with Crippen LogP contribution < -0.4 is 15.4 Å². The maximum atomic E-state index is 13.3. The molecule has 186 valence electrons. The lowest BCUT2D eigenvalue weighted by molar-refractivity contribution is -0.144. The predicted molar refractivity (Wildman–Crippen MR) is 127 cm³/mol. The number of piperidine rings is 1. The standard InChI is InChI=1S/C25H36N4O5/c1-17(2)21(33-20-11-7-6-9-18(20)15-26)23(31)29-14-8-10-19(16-29)22(30)27-12-13-28-24(32)34-25(3,4)5/h6-7,9,11,17,19,21H,8,10,12-14,16H2,1-5H3,(H,27,30)(H,28,32). The van der Waals surface area contributed by atoms with Crippen LogP contribution in [0.4, 0.5) is 4.79 Å². The molecule has 0 aromatic heterocycles. The summed E-state index contributed by atoms with van der Waals surface area (Å²) in [4.78, 5) is 39.3. The summed E-state index contributed by atoms with van der Waals surface area (Å²) in [6, 6.07) is 8.92. The first-order valence-electron chi connectivity index (χ1n) is 11.7. The average Bonchev–Trinajstić information content (AvgIpc) is 2.78. The van der Waals surface area contributed by atoms with Crippen molar-refractivity contribution in [1.82, 2.24) is 15.5 Å². The normalized spacial score (nSPS) is 16.9. The molecule has 2 unspecified atom stereocenters. The third-order valence-corrected chi connectivity index (χ3v) is 5.31. The average molecular weight is 473 g/mol. The van der Waals surface area contributed by atoms with Crippen LogP contribution in [0.15, 0.2) is 24.3 Å². The number of carbonyl (C=O) groups is 3. The molecule has 0 spiro atoms. The van der Waals surface area contributed by atoms with Crippen LogP contribution in [-0.2, 0) is 14.3 Å². The second-order valence-corrected chi connectivity index (χ2v) is 9.73. The number of hydrogen-bond acceptors (Lipinski definition) is 6. The van der Waals surface area contributed by atoms with Gasteiger partial charge in [-0.05, 0) is 51.7 Å². The fourth-order valence-electron chi connectivity index (χ4n) is 3.65. The van der Waals surface area contributed by atoms with E-state index in [1.807, 2.05) is 13.8 Å². The molecule has 0 saturated carbocycles. The maximum Gasteiger partial charge on any atom is 0.407 e. The zero-order chi connectivity index (χ0) is 25.3. The van der Waals surface area contributed by atoms with Crippen molar-refractivity contribution in [3.05, 3.63) is 29.8 Å². The molecule has 1 aromatic rings. The first-order chi connectivity index (χ1) is 16.0. The smallest absolute Gasteiger partial charge is 0.407 e. The van der Waals surface area contributed by atoms with Crippen molar-refractivity contribution in [3.8, 4) is 11.8 Å². The molecule has 2 rings (SSSR count). The monoisotopic (exact) mass is 472 g/mol. The van der Waals surface area contributed by atoms with Gasteiger partial charge in [0.2, 0.25) is 5.91 Å². The van der Waals surface area contributed by atoms with Gasteiger partial charge in [-0.15, -0.1) is 0 Å². The molecule has 9 heteroatoms. The lowest BCUT2D eigenvalue weighted by atomic mass is 9.95. The minimum absolute atomic E-state index is 0.118. The second-order valence-electron chi connectivity index (χ2n) is 9.73. The molecule has 0 bridgehead atoms. The Kier molecular flexibility index (Phi) is 9.72. The molecule has 34 heavy (non-hydrogen) atoms. The molecular weight excluding hydrogens is 436 g/mol. The Bertz CT molecular complexity index is 903. The van der Waals surface area contributed by atoms with Crippen LogP contribution in [0.1, 0.15) is 53.0 Å². The summed E-state index contributed by atoms with van der Waals surface area (Å²) < 4.78 is 11.1. The van der Waals surface area contributed by atoms with Gasteiger partial charge in [-0.25, -0.2) is 4.79 Å². The summed E-state index contributed by atoms with van der Waals surface area (Å²) in [5, 5.41) is 14.7. The third kappa shape index (κ3) is 8.25. The molecule has 2 atom stereocenters. The SMILES string of the molecule is CC(C)C(Oc1ccccc1C#N)C(=O)N1CCCC(C(=O)NCCNC(=O)OC(C)(C)C)C1.